The zero-order valence-electron chi connectivity index (χ0n) is 7.59. The Morgan fingerprint density at radius 2 is 2.00 bits per heavy atom. The van der Waals surface area contributed by atoms with E-state index in [1.807, 2.05) is 13.8 Å². The van der Waals surface area contributed by atoms with E-state index in [1.54, 1.807) is 12.3 Å². The highest BCUT2D eigenvalue weighted by Gasteiger charge is 2.17. The van der Waals surface area contributed by atoms with Crippen molar-refractivity contribution in [3.8, 4) is 0 Å². The molecule has 0 amide bonds. The van der Waals surface area contributed by atoms with Crippen molar-refractivity contribution in [1.82, 2.24) is 4.98 Å². The first-order chi connectivity index (χ1) is 6.04. The molecule has 1 atom stereocenters. The van der Waals surface area contributed by atoms with Crippen molar-refractivity contribution in [2.24, 2.45) is 11.7 Å². The third kappa shape index (κ3) is 2.33. The average molecular weight is 219 g/mol. The summed E-state index contributed by atoms with van der Waals surface area (Å²) in [6.07, 6.45) is 1.57. The SMILES string of the molecule is CC(C)C(N)c1c(Cl)ccnc1Cl. The molecule has 0 radical (unpaired) electrons. The second kappa shape index (κ2) is 4.27. The molecule has 0 saturated heterocycles. The summed E-state index contributed by atoms with van der Waals surface area (Å²) in [5.74, 6) is 0.291. The van der Waals surface area contributed by atoms with Crippen molar-refractivity contribution < 1.29 is 0 Å². The molecule has 1 rings (SSSR count). The van der Waals surface area contributed by atoms with Gasteiger partial charge in [0.1, 0.15) is 5.15 Å². The van der Waals surface area contributed by atoms with E-state index in [0.29, 0.717) is 16.1 Å². The summed E-state index contributed by atoms with van der Waals surface area (Å²) in [4.78, 5) is 3.94. The molecule has 0 aliphatic rings. The predicted octanol–water partition coefficient (Wildman–Crippen LogP) is 3.04. The molecule has 0 fully saturated rings. The quantitative estimate of drug-likeness (QED) is 0.776. The molecule has 0 aliphatic heterocycles. The summed E-state index contributed by atoms with van der Waals surface area (Å²) >= 11 is 11.9. The fourth-order valence-electron chi connectivity index (χ4n) is 1.06. The molecule has 1 heterocycles. The van der Waals surface area contributed by atoms with Crippen LogP contribution in [0.4, 0.5) is 0 Å². The minimum Gasteiger partial charge on any atom is -0.324 e. The Morgan fingerprint density at radius 3 is 2.46 bits per heavy atom. The highest BCUT2D eigenvalue weighted by molar-refractivity contribution is 6.35. The van der Waals surface area contributed by atoms with E-state index in [2.05, 4.69) is 4.98 Å². The third-order valence-electron chi connectivity index (χ3n) is 1.94. The Labute approximate surface area is 88.1 Å². The summed E-state index contributed by atoms with van der Waals surface area (Å²) in [6.45, 7) is 4.04. The van der Waals surface area contributed by atoms with Crippen LogP contribution in [0.2, 0.25) is 10.2 Å². The molecular formula is C9H12Cl2N2. The van der Waals surface area contributed by atoms with Gasteiger partial charge in [0.2, 0.25) is 0 Å². The standard InChI is InChI=1S/C9H12Cl2N2/c1-5(2)8(12)7-6(10)3-4-13-9(7)11/h3-5,8H,12H2,1-2H3. The summed E-state index contributed by atoms with van der Waals surface area (Å²) < 4.78 is 0. The normalized spacial score (nSPS) is 13.4. The van der Waals surface area contributed by atoms with E-state index in [9.17, 15) is 0 Å². The molecule has 1 unspecified atom stereocenters. The van der Waals surface area contributed by atoms with Crippen molar-refractivity contribution in [1.29, 1.82) is 0 Å². The van der Waals surface area contributed by atoms with E-state index in [4.69, 9.17) is 28.9 Å². The molecule has 0 aromatic carbocycles. The Hall–Kier alpha value is -0.310. The fourth-order valence-corrected chi connectivity index (χ4v) is 1.66. The molecule has 4 heteroatoms. The Kier molecular flexibility index (Phi) is 3.54. The first kappa shape index (κ1) is 10.8. The molecule has 0 saturated carbocycles. The molecule has 0 bridgehead atoms. The number of hydrogen-bond acceptors (Lipinski definition) is 2. The Morgan fingerprint density at radius 1 is 1.38 bits per heavy atom. The number of rotatable bonds is 2. The van der Waals surface area contributed by atoms with Gasteiger partial charge in [0, 0.05) is 22.8 Å². The highest BCUT2D eigenvalue weighted by Crippen LogP contribution is 2.30. The van der Waals surface area contributed by atoms with Gasteiger partial charge in [0.15, 0.2) is 0 Å². The number of hydrogen-bond donors (Lipinski definition) is 1. The summed E-state index contributed by atoms with van der Waals surface area (Å²) in [7, 11) is 0. The van der Waals surface area contributed by atoms with Crippen LogP contribution < -0.4 is 5.73 Å². The second-order valence-electron chi connectivity index (χ2n) is 3.27. The van der Waals surface area contributed by atoms with Crippen molar-refractivity contribution >= 4 is 23.2 Å². The molecular weight excluding hydrogens is 207 g/mol. The van der Waals surface area contributed by atoms with Crippen LogP contribution in [0.5, 0.6) is 0 Å². The van der Waals surface area contributed by atoms with Gasteiger partial charge in [-0.25, -0.2) is 4.98 Å². The molecule has 0 spiro atoms. The van der Waals surface area contributed by atoms with E-state index in [0.717, 1.165) is 5.56 Å². The summed E-state index contributed by atoms with van der Waals surface area (Å²) in [6, 6.07) is 1.54. The van der Waals surface area contributed by atoms with Crippen LogP contribution in [-0.2, 0) is 0 Å². The second-order valence-corrected chi connectivity index (χ2v) is 4.03. The van der Waals surface area contributed by atoms with Crippen molar-refractivity contribution in [3.63, 3.8) is 0 Å². The highest BCUT2D eigenvalue weighted by atomic mass is 35.5. The lowest BCUT2D eigenvalue weighted by molar-refractivity contribution is 0.513. The van der Waals surface area contributed by atoms with Gasteiger partial charge < -0.3 is 5.73 Å². The van der Waals surface area contributed by atoms with E-state index >= 15 is 0 Å². The van der Waals surface area contributed by atoms with Crippen molar-refractivity contribution in [2.45, 2.75) is 19.9 Å². The Balaban J connectivity index is 3.12. The fraction of sp³-hybridized carbons (Fsp3) is 0.444. The van der Waals surface area contributed by atoms with Crippen molar-refractivity contribution in [2.75, 3.05) is 0 Å². The maximum Gasteiger partial charge on any atom is 0.135 e. The first-order valence-corrected chi connectivity index (χ1v) is 4.85. The zero-order valence-corrected chi connectivity index (χ0v) is 9.10. The largest absolute Gasteiger partial charge is 0.324 e. The maximum atomic E-state index is 5.96. The topological polar surface area (TPSA) is 38.9 Å². The van der Waals surface area contributed by atoms with E-state index < -0.39 is 0 Å². The van der Waals surface area contributed by atoms with Gasteiger partial charge in [-0.1, -0.05) is 37.0 Å². The van der Waals surface area contributed by atoms with Crippen LogP contribution in [0.25, 0.3) is 0 Å². The van der Waals surface area contributed by atoms with Gasteiger partial charge in [0.25, 0.3) is 0 Å². The number of pyridine rings is 1. The van der Waals surface area contributed by atoms with E-state index in [-0.39, 0.29) is 6.04 Å². The molecule has 72 valence electrons. The van der Waals surface area contributed by atoms with Gasteiger partial charge in [-0.2, -0.15) is 0 Å². The number of nitrogens with zero attached hydrogens (tertiary/aromatic N) is 1. The van der Waals surface area contributed by atoms with Crippen LogP contribution in [0.1, 0.15) is 25.5 Å². The minimum atomic E-state index is -0.159. The zero-order chi connectivity index (χ0) is 10.0. The number of halogens is 2. The molecule has 13 heavy (non-hydrogen) atoms. The third-order valence-corrected chi connectivity index (χ3v) is 2.57. The van der Waals surface area contributed by atoms with Crippen molar-refractivity contribution in [3.05, 3.63) is 28.0 Å². The smallest absolute Gasteiger partial charge is 0.135 e. The lowest BCUT2D eigenvalue weighted by Gasteiger charge is -2.17. The van der Waals surface area contributed by atoms with Gasteiger partial charge in [-0.05, 0) is 12.0 Å². The van der Waals surface area contributed by atoms with Crippen LogP contribution in [0.15, 0.2) is 12.3 Å². The molecule has 0 aliphatic carbocycles. The predicted molar refractivity (Wildman–Crippen MR) is 56.0 cm³/mol. The lowest BCUT2D eigenvalue weighted by atomic mass is 9.98. The van der Waals surface area contributed by atoms with Gasteiger partial charge in [-0.15, -0.1) is 0 Å². The number of aromatic nitrogens is 1. The minimum absolute atomic E-state index is 0.159. The van der Waals surface area contributed by atoms with Gasteiger partial charge in [-0.3, -0.25) is 0 Å². The van der Waals surface area contributed by atoms with Crippen LogP contribution >= 0.6 is 23.2 Å². The van der Waals surface area contributed by atoms with Gasteiger partial charge in [0.05, 0.1) is 0 Å². The summed E-state index contributed by atoms with van der Waals surface area (Å²) in [5, 5.41) is 0.981. The average Bonchev–Trinajstić information content (AvgIpc) is 2.03. The molecule has 2 nitrogen and oxygen atoms in total. The lowest BCUT2D eigenvalue weighted by Crippen LogP contribution is -2.18. The van der Waals surface area contributed by atoms with Crippen LogP contribution in [-0.4, -0.2) is 4.98 Å². The Bertz CT molecular complexity index is 279. The molecule has 1 aromatic rings. The monoisotopic (exact) mass is 218 g/mol. The maximum absolute atomic E-state index is 5.96. The number of nitrogens with two attached hydrogens (primary N) is 1. The molecule has 2 N–H and O–H groups in total. The van der Waals surface area contributed by atoms with Crippen LogP contribution in [0, 0.1) is 5.92 Å². The van der Waals surface area contributed by atoms with Crippen LogP contribution in [0.3, 0.4) is 0 Å². The molecule has 1 aromatic heterocycles. The van der Waals surface area contributed by atoms with Gasteiger partial charge >= 0.3 is 0 Å². The summed E-state index contributed by atoms with van der Waals surface area (Å²) in [5.41, 5.74) is 6.67. The first-order valence-electron chi connectivity index (χ1n) is 4.09. The van der Waals surface area contributed by atoms with E-state index in [1.165, 1.54) is 0 Å².